The van der Waals surface area contributed by atoms with Gasteiger partial charge >= 0.3 is 0 Å². The van der Waals surface area contributed by atoms with Gasteiger partial charge in [0.05, 0.1) is 5.54 Å². The van der Waals surface area contributed by atoms with Gasteiger partial charge < -0.3 is 11.1 Å². The highest BCUT2D eigenvalue weighted by atomic mass is 16.2. The molecular weight excluding hydrogens is 236 g/mol. The predicted molar refractivity (Wildman–Crippen MR) is 77.7 cm³/mol. The molecule has 1 saturated carbocycles. The van der Waals surface area contributed by atoms with Crippen LogP contribution in [0, 0.1) is 12.8 Å². The van der Waals surface area contributed by atoms with Crippen LogP contribution in [0.2, 0.25) is 0 Å². The van der Waals surface area contributed by atoms with Crippen molar-refractivity contribution in [1.82, 2.24) is 5.32 Å². The Hall–Kier alpha value is -1.35. The van der Waals surface area contributed by atoms with Crippen molar-refractivity contribution >= 4 is 5.91 Å². The lowest BCUT2D eigenvalue weighted by atomic mass is 9.86. The smallest absolute Gasteiger partial charge is 0.224 e. The van der Waals surface area contributed by atoms with Crippen LogP contribution in [0.4, 0.5) is 0 Å². The summed E-state index contributed by atoms with van der Waals surface area (Å²) in [6.45, 7) is 4.38. The number of nitrogens with one attached hydrogen (secondary N) is 1. The number of nitrogens with two attached hydrogens (primary N) is 1. The Labute approximate surface area is 115 Å². The maximum Gasteiger partial charge on any atom is 0.224 e. The molecule has 1 aromatic carbocycles. The van der Waals surface area contributed by atoms with Gasteiger partial charge in [-0.05, 0) is 25.3 Å². The summed E-state index contributed by atoms with van der Waals surface area (Å²) in [4.78, 5) is 12.2. The number of benzene rings is 1. The van der Waals surface area contributed by atoms with Crippen LogP contribution in [-0.2, 0) is 10.3 Å². The quantitative estimate of drug-likeness (QED) is 0.874. The van der Waals surface area contributed by atoms with E-state index in [9.17, 15) is 4.79 Å². The lowest BCUT2D eigenvalue weighted by molar-refractivity contribution is -0.126. The van der Waals surface area contributed by atoms with Gasteiger partial charge in [-0.25, -0.2) is 0 Å². The van der Waals surface area contributed by atoms with Crippen LogP contribution in [0.1, 0.15) is 43.7 Å². The molecule has 19 heavy (non-hydrogen) atoms. The standard InChI is InChI=1S/C16H24N2O/c1-12-6-5-7-14(10-12)16(8-3-4-9-16)18-15(19)13(2)11-17/h5-7,10,13H,3-4,8-9,11,17H2,1-2H3,(H,18,19). The van der Waals surface area contributed by atoms with E-state index in [-0.39, 0.29) is 17.4 Å². The second-order valence-electron chi connectivity index (χ2n) is 5.78. The third kappa shape index (κ3) is 2.98. The van der Waals surface area contributed by atoms with Gasteiger partial charge in [-0.15, -0.1) is 0 Å². The lowest BCUT2D eigenvalue weighted by Gasteiger charge is -2.32. The van der Waals surface area contributed by atoms with Gasteiger partial charge in [-0.1, -0.05) is 49.6 Å². The molecule has 3 nitrogen and oxygen atoms in total. The van der Waals surface area contributed by atoms with Crippen molar-refractivity contribution in [2.24, 2.45) is 11.7 Å². The first-order valence-electron chi connectivity index (χ1n) is 7.17. The van der Waals surface area contributed by atoms with Crippen LogP contribution in [0.3, 0.4) is 0 Å². The highest BCUT2D eigenvalue weighted by Crippen LogP contribution is 2.39. The van der Waals surface area contributed by atoms with Crippen molar-refractivity contribution < 1.29 is 4.79 Å². The molecule has 1 aliphatic carbocycles. The van der Waals surface area contributed by atoms with E-state index in [4.69, 9.17) is 5.73 Å². The van der Waals surface area contributed by atoms with Crippen LogP contribution in [0.5, 0.6) is 0 Å². The summed E-state index contributed by atoms with van der Waals surface area (Å²) in [7, 11) is 0. The van der Waals surface area contributed by atoms with Crippen LogP contribution in [0.25, 0.3) is 0 Å². The van der Waals surface area contributed by atoms with E-state index in [0.717, 1.165) is 12.8 Å². The van der Waals surface area contributed by atoms with E-state index in [1.807, 2.05) is 6.92 Å². The zero-order valence-corrected chi connectivity index (χ0v) is 11.9. The van der Waals surface area contributed by atoms with E-state index < -0.39 is 0 Å². The number of amides is 1. The van der Waals surface area contributed by atoms with Crippen molar-refractivity contribution in [3.63, 3.8) is 0 Å². The summed E-state index contributed by atoms with van der Waals surface area (Å²) in [5, 5.41) is 3.27. The summed E-state index contributed by atoms with van der Waals surface area (Å²) in [6.07, 6.45) is 4.40. The number of carbonyl (C=O) groups is 1. The Morgan fingerprint density at radius 3 is 2.68 bits per heavy atom. The maximum absolute atomic E-state index is 12.2. The molecule has 1 fully saturated rings. The third-order valence-corrected chi connectivity index (χ3v) is 4.19. The van der Waals surface area contributed by atoms with E-state index in [1.165, 1.54) is 24.0 Å². The molecule has 0 heterocycles. The Bertz CT molecular complexity index is 450. The number of hydrogen-bond donors (Lipinski definition) is 2. The van der Waals surface area contributed by atoms with Gasteiger partial charge in [0.25, 0.3) is 0 Å². The fourth-order valence-electron chi connectivity index (χ4n) is 2.87. The first-order valence-corrected chi connectivity index (χ1v) is 7.17. The topological polar surface area (TPSA) is 55.1 Å². The summed E-state index contributed by atoms with van der Waals surface area (Å²) in [6, 6.07) is 8.49. The normalized spacial score (nSPS) is 19.1. The molecule has 2 rings (SSSR count). The predicted octanol–water partition coefficient (Wildman–Crippen LogP) is 2.48. The Morgan fingerprint density at radius 2 is 2.11 bits per heavy atom. The third-order valence-electron chi connectivity index (χ3n) is 4.19. The van der Waals surface area contributed by atoms with Crippen molar-refractivity contribution in [1.29, 1.82) is 0 Å². The first kappa shape index (κ1) is 14.1. The average Bonchev–Trinajstić information content (AvgIpc) is 2.87. The molecule has 1 unspecified atom stereocenters. The van der Waals surface area contributed by atoms with Crippen molar-refractivity contribution in [2.45, 2.75) is 45.1 Å². The van der Waals surface area contributed by atoms with E-state index in [1.54, 1.807) is 0 Å². The molecule has 0 aromatic heterocycles. The summed E-state index contributed by atoms with van der Waals surface area (Å²) in [5.41, 5.74) is 7.90. The largest absolute Gasteiger partial charge is 0.346 e. The number of carbonyl (C=O) groups excluding carboxylic acids is 1. The van der Waals surface area contributed by atoms with Gasteiger partial charge in [0.15, 0.2) is 0 Å². The first-order chi connectivity index (χ1) is 9.07. The highest BCUT2D eigenvalue weighted by Gasteiger charge is 2.37. The fraction of sp³-hybridized carbons (Fsp3) is 0.562. The molecule has 0 bridgehead atoms. The summed E-state index contributed by atoms with van der Waals surface area (Å²) >= 11 is 0. The molecule has 3 heteroatoms. The Balaban J connectivity index is 2.26. The molecule has 3 N–H and O–H groups in total. The SMILES string of the molecule is Cc1cccc(C2(NC(=O)C(C)CN)CCCC2)c1. The van der Waals surface area contributed by atoms with Gasteiger partial charge in [0, 0.05) is 12.5 Å². The lowest BCUT2D eigenvalue weighted by Crippen LogP contribution is -2.47. The minimum Gasteiger partial charge on any atom is -0.346 e. The zero-order chi connectivity index (χ0) is 13.9. The molecule has 104 valence electrons. The molecule has 0 aliphatic heterocycles. The van der Waals surface area contributed by atoms with Gasteiger partial charge in [-0.3, -0.25) is 4.79 Å². The van der Waals surface area contributed by atoms with Crippen molar-refractivity contribution in [3.8, 4) is 0 Å². The van der Waals surface area contributed by atoms with Gasteiger partial charge in [0.1, 0.15) is 0 Å². The van der Waals surface area contributed by atoms with E-state index in [2.05, 4.69) is 36.5 Å². The van der Waals surface area contributed by atoms with Crippen LogP contribution in [0.15, 0.2) is 24.3 Å². The second-order valence-corrected chi connectivity index (χ2v) is 5.78. The molecule has 1 amide bonds. The number of hydrogen-bond acceptors (Lipinski definition) is 2. The Morgan fingerprint density at radius 1 is 1.42 bits per heavy atom. The number of rotatable bonds is 4. The second kappa shape index (κ2) is 5.74. The number of aryl methyl sites for hydroxylation is 1. The molecule has 0 saturated heterocycles. The van der Waals surface area contributed by atoms with Crippen molar-refractivity contribution in [3.05, 3.63) is 35.4 Å². The zero-order valence-electron chi connectivity index (χ0n) is 11.9. The maximum atomic E-state index is 12.2. The molecule has 1 aliphatic rings. The molecule has 1 aromatic rings. The summed E-state index contributed by atoms with van der Waals surface area (Å²) < 4.78 is 0. The monoisotopic (exact) mass is 260 g/mol. The van der Waals surface area contributed by atoms with Gasteiger partial charge in [0.2, 0.25) is 5.91 Å². The fourth-order valence-corrected chi connectivity index (χ4v) is 2.87. The van der Waals surface area contributed by atoms with Crippen molar-refractivity contribution in [2.75, 3.05) is 6.54 Å². The highest BCUT2D eigenvalue weighted by molar-refractivity contribution is 5.79. The minimum absolute atomic E-state index is 0.0749. The average molecular weight is 260 g/mol. The molecular formula is C16H24N2O. The van der Waals surface area contributed by atoms with E-state index in [0.29, 0.717) is 6.54 Å². The molecule has 0 spiro atoms. The van der Waals surface area contributed by atoms with Crippen LogP contribution in [-0.4, -0.2) is 12.5 Å². The van der Waals surface area contributed by atoms with Crippen LogP contribution >= 0.6 is 0 Å². The summed E-state index contributed by atoms with van der Waals surface area (Å²) in [5.74, 6) is -0.0480. The van der Waals surface area contributed by atoms with Crippen LogP contribution < -0.4 is 11.1 Å². The molecule has 0 radical (unpaired) electrons. The molecule has 1 atom stereocenters. The van der Waals surface area contributed by atoms with E-state index >= 15 is 0 Å². The Kier molecular flexibility index (Phi) is 4.25. The minimum atomic E-state index is -0.174. The van der Waals surface area contributed by atoms with Gasteiger partial charge in [-0.2, -0.15) is 0 Å².